The molecule has 2 heterocycles. The Labute approximate surface area is 227 Å². The summed E-state index contributed by atoms with van der Waals surface area (Å²) in [5.74, 6) is 0. The highest BCUT2D eigenvalue weighted by atomic mass is 15.4. The topological polar surface area (TPSA) is 6.48 Å². The monoisotopic (exact) mass is 498 g/mol. The van der Waals surface area contributed by atoms with Gasteiger partial charge in [0.2, 0.25) is 0 Å². The van der Waals surface area contributed by atoms with Crippen LogP contribution in [-0.2, 0) is 10.8 Å². The number of fused-ring (bicyclic) bond motifs is 6. The van der Waals surface area contributed by atoms with Crippen LogP contribution in [0.3, 0.4) is 0 Å². The molecule has 2 nitrogen and oxygen atoms in total. The first-order chi connectivity index (χ1) is 17.4. The predicted molar refractivity (Wildman–Crippen MR) is 162 cm³/mol. The van der Waals surface area contributed by atoms with E-state index >= 15 is 0 Å². The van der Waals surface area contributed by atoms with Crippen LogP contribution in [0, 0.1) is 17.8 Å². The maximum Gasteiger partial charge on any atom is 0.116 e. The first-order valence-corrected chi connectivity index (χ1v) is 14.9. The van der Waals surface area contributed by atoms with Gasteiger partial charge in [-0.2, -0.15) is 0 Å². The van der Waals surface area contributed by atoms with E-state index in [9.17, 15) is 0 Å². The second-order valence-corrected chi connectivity index (χ2v) is 13.5. The van der Waals surface area contributed by atoms with Gasteiger partial charge in [0.05, 0.1) is 17.1 Å². The quantitative estimate of drug-likeness (QED) is 0.366. The van der Waals surface area contributed by atoms with Crippen molar-refractivity contribution in [2.45, 2.75) is 118 Å². The second kappa shape index (κ2) is 8.39. The molecule has 0 saturated carbocycles. The molecule has 0 N–H and O–H groups in total. The van der Waals surface area contributed by atoms with Crippen molar-refractivity contribution in [2.24, 2.45) is 10.8 Å². The van der Waals surface area contributed by atoms with Crippen LogP contribution in [0.15, 0.2) is 36.9 Å². The molecule has 5 rings (SSSR count). The lowest BCUT2D eigenvalue weighted by Gasteiger charge is -2.52. The minimum atomic E-state index is 0.00244. The molecule has 0 fully saturated rings. The van der Waals surface area contributed by atoms with Crippen molar-refractivity contribution in [1.82, 2.24) is 0 Å². The third-order valence-electron chi connectivity index (χ3n) is 11.9. The van der Waals surface area contributed by atoms with Gasteiger partial charge in [-0.1, -0.05) is 93.4 Å². The molecule has 2 atom stereocenters. The van der Waals surface area contributed by atoms with Crippen molar-refractivity contribution in [2.75, 3.05) is 16.8 Å². The Morgan fingerprint density at radius 3 is 2.08 bits per heavy atom. The van der Waals surface area contributed by atoms with Crippen LogP contribution in [-0.4, -0.2) is 13.2 Å². The van der Waals surface area contributed by atoms with Gasteiger partial charge in [-0.15, -0.1) is 0 Å². The minimum absolute atomic E-state index is 0.00244. The summed E-state index contributed by atoms with van der Waals surface area (Å²) in [4.78, 5) is 5.22. The molecule has 2 unspecified atom stereocenters. The first-order valence-electron chi connectivity index (χ1n) is 14.9. The Hall–Kier alpha value is -2.22. The Morgan fingerprint density at radius 1 is 0.865 bits per heavy atom. The maximum atomic E-state index is 4.92. The van der Waals surface area contributed by atoms with Gasteiger partial charge in [0.1, 0.15) is 6.17 Å². The summed E-state index contributed by atoms with van der Waals surface area (Å²) in [6.45, 7) is 27.1. The van der Waals surface area contributed by atoms with Crippen molar-refractivity contribution in [3.05, 3.63) is 59.2 Å². The molecule has 2 aromatic rings. The summed E-state index contributed by atoms with van der Waals surface area (Å²) < 4.78 is 0. The third-order valence-corrected chi connectivity index (χ3v) is 11.9. The largest absolute Gasteiger partial charge is 0.352 e. The Kier molecular flexibility index (Phi) is 5.98. The van der Waals surface area contributed by atoms with Crippen molar-refractivity contribution in [1.29, 1.82) is 0 Å². The maximum absolute atomic E-state index is 4.92. The number of unbranched alkanes of at least 4 members (excludes halogenated alkanes) is 2. The standard InChI is InChI=1S/C35H50N2/c1-12-15-18-21-34(10)32(6,7)25-22-28-29(23(4)30(25)33(34,8)9)24(5)35(13-2,14-3)31-36(11)26-19-16-17-20-27(26)37(28)31/h16-17,19-20,22,31H,5,12-15,18,21H2,1-4,6-11H3. The lowest BCUT2D eigenvalue weighted by atomic mass is 9.56. The zero-order valence-electron chi connectivity index (χ0n) is 25.3. The molecule has 2 heteroatoms. The fraction of sp³-hybridized carbons (Fsp3) is 0.600. The van der Waals surface area contributed by atoms with Gasteiger partial charge in [-0.3, -0.25) is 0 Å². The van der Waals surface area contributed by atoms with Crippen LogP contribution in [0.4, 0.5) is 17.1 Å². The van der Waals surface area contributed by atoms with Gasteiger partial charge >= 0.3 is 0 Å². The van der Waals surface area contributed by atoms with Gasteiger partial charge < -0.3 is 9.80 Å². The van der Waals surface area contributed by atoms with E-state index in [1.54, 1.807) is 11.1 Å². The highest BCUT2D eigenvalue weighted by Crippen LogP contribution is 2.68. The number of anilines is 3. The first kappa shape index (κ1) is 26.4. The van der Waals surface area contributed by atoms with Gasteiger partial charge in [-0.25, -0.2) is 0 Å². The summed E-state index contributed by atoms with van der Waals surface area (Å²) in [7, 11) is 2.29. The number of nitrogens with zero attached hydrogens (tertiary/aromatic N) is 2. The van der Waals surface area contributed by atoms with Crippen molar-refractivity contribution in [3.8, 4) is 0 Å². The molecule has 2 aliphatic heterocycles. The SMILES string of the molecule is C=C1c2c(cc3c(c2C)C(C)(C)C(C)(CCCCC)C3(C)C)N2c3ccccc3N(C)C2C1(CC)CC. The van der Waals surface area contributed by atoms with Crippen molar-refractivity contribution in [3.63, 3.8) is 0 Å². The number of hydrogen-bond donors (Lipinski definition) is 0. The third kappa shape index (κ3) is 2.99. The molecular weight excluding hydrogens is 448 g/mol. The Balaban J connectivity index is 1.82. The van der Waals surface area contributed by atoms with E-state index < -0.39 is 0 Å². The molecule has 200 valence electrons. The summed E-state index contributed by atoms with van der Waals surface area (Å²) >= 11 is 0. The predicted octanol–water partition coefficient (Wildman–Crippen LogP) is 9.90. The zero-order valence-corrected chi connectivity index (χ0v) is 25.3. The van der Waals surface area contributed by atoms with Crippen LogP contribution in [0.1, 0.15) is 116 Å². The number of hydrogen-bond acceptors (Lipinski definition) is 2. The summed E-state index contributed by atoms with van der Waals surface area (Å²) in [5, 5.41) is 0. The van der Waals surface area contributed by atoms with Crippen LogP contribution < -0.4 is 9.80 Å². The molecule has 0 bridgehead atoms. The van der Waals surface area contributed by atoms with E-state index in [0.717, 1.165) is 12.8 Å². The van der Waals surface area contributed by atoms with Crippen molar-refractivity contribution >= 4 is 22.6 Å². The zero-order chi connectivity index (χ0) is 27.1. The number of rotatable bonds is 6. The highest BCUT2D eigenvalue weighted by molar-refractivity contribution is 5.96. The fourth-order valence-corrected chi connectivity index (χ4v) is 9.11. The van der Waals surface area contributed by atoms with Gasteiger partial charge in [-0.05, 0) is 82.9 Å². The molecule has 0 spiro atoms. The van der Waals surface area contributed by atoms with Gasteiger partial charge in [0, 0.05) is 18.0 Å². The van der Waals surface area contributed by atoms with E-state index in [0.29, 0.717) is 0 Å². The molecule has 1 aliphatic carbocycles. The molecular formula is C35H50N2. The fourth-order valence-electron chi connectivity index (χ4n) is 9.11. The summed E-state index contributed by atoms with van der Waals surface area (Å²) in [5.41, 5.74) is 11.8. The highest BCUT2D eigenvalue weighted by Gasteiger charge is 2.61. The van der Waals surface area contributed by atoms with Gasteiger partial charge in [0.25, 0.3) is 0 Å². The van der Waals surface area contributed by atoms with Crippen LogP contribution in [0.2, 0.25) is 0 Å². The normalized spacial score (nSPS) is 26.1. The number of para-hydroxylation sites is 2. The van der Waals surface area contributed by atoms with Crippen LogP contribution >= 0.6 is 0 Å². The summed E-state index contributed by atoms with van der Waals surface area (Å²) in [6.07, 6.45) is 7.59. The van der Waals surface area contributed by atoms with Crippen LogP contribution in [0.25, 0.3) is 5.57 Å². The van der Waals surface area contributed by atoms with E-state index in [1.807, 2.05) is 0 Å². The molecule has 3 aliphatic rings. The molecule has 0 aromatic heterocycles. The average molecular weight is 499 g/mol. The average Bonchev–Trinajstić information content (AvgIpc) is 3.22. The Bertz CT molecular complexity index is 1240. The van der Waals surface area contributed by atoms with E-state index in [4.69, 9.17) is 6.58 Å². The molecule has 37 heavy (non-hydrogen) atoms. The number of benzene rings is 2. The minimum Gasteiger partial charge on any atom is -0.352 e. The molecule has 0 radical (unpaired) electrons. The van der Waals surface area contributed by atoms with E-state index in [1.165, 1.54) is 59.4 Å². The van der Waals surface area contributed by atoms with E-state index in [-0.39, 0.29) is 27.8 Å². The van der Waals surface area contributed by atoms with Crippen LogP contribution in [0.5, 0.6) is 0 Å². The molecule has 2 aromatic carbocycles. The molecule has 0 amide bonds. The van der Waals surface area contributed by atoms with E-state index in [2.05, 4.69) is 109 Å². The molecule has 0 saturated heterocycles. The smallest absolute Gasteiger partial charge is 0.116 e. The van der Waals surface area contributed by atoms with Crippen molar-refractivity contribution < 1.29 is 0 Å². The summed E-state index contributed by atoms with van der Waals surface area (Å²) in [6, 6.07) is 11.6. The lowest BCUT2D eigenvalue weighted by Crippen LogP contribution is -2.55. The second-order valence-electron chi connectivity index (χ2n) is 13.5. The Morgan fingerprint density at radius 2 is 1.49 bits per heavy atom. The lowest BCUT2D eigenvalue weighted by molar-refractivity contribution is 0.0838. The van der Waals surface area contributed by atoms with Gasteiger partial charge in [0.15, 0.2) is 0 Å².